The highest BCUT2D eigenvalue weighted by Gasteiger charge is 2.20. The highest BCUT2D eigenvalue weighted by molar-refractivity contribution is 6.34. The Morgan fingerprint density at radius 3 is 2.43 bits per heavy atom. The van der Waals surface area contributed by atoms with Crippen LogP contribution in [0.4, 0.5) is 17.1 Å². The smallest absolute Gasteiger partial charge is 0.340 e. The zero-order chi connectivity index (χ0) is 26.1. The molecule has 4 N–H and O–H groups in total. The van der Waals surface area contributed by atoms with Crippen LogP contribution in [0.15, 0.2) is 81.8 Å². The number of aromatic hydroxyl groups is 1. The van der Waals surface area contributed by atoms with Crippen molar-refractivity contribution in [1.82, 2.24) is 9.97 Å². The van der Waals surface area contributed by atoms with Gasteiger partial charge in [0.1, 0.15) is 11.4 Å². The molecule has 0 unspecified atom stereocenters. The van der Waals surface area contributed by atoms with E-state index in [0.29, 0.717) is 21.8 Å². The summed E-state index contributed by atoms with van der Waals surface area (Å²) < 4.78 is 4.79. The number of anilines is 1. The summed E-state index contributed by atoms with van der Waals surface area (Å²) in [6.07, 6.45) is 0. The molecule has 1 amide bonds. The third kappa shape index (κ3) is 4.53. The largest absolute Gasteiger partial charge is 0.505 e. The minimum absolute atomic E-state index is 0.0411. The molecule has 37 heavy (non-hydrogen) atoms. The molecule has 5 rings (SSSR count). The number of aromatic nitrogens is 2. The van der Waals surface area contributed by atoms with Gasteiger partial charge in [-0.3, -0.25) is 4.79 Å². The summed E-state index contributed by atoms with van der Waals surface area (Å²) in [7, 11) is 1.26. The van der Waals surface area contributed by atoms with E-state index in [-0.39, 0.29) is 33.2 Å². The Bertz CT molecular complexity index is 1790. The number of amides is 1. The van der Waals surface area contributed by atoms with Crippen molar-refractivity contribution in [3.05, 3.63) is 93.4 Å². The number of benzene rings is 4. The Morgan fingerprint density at radius 1 is 0.946 bits per heavy atom. The zero-order valence-electron chi connectivity index (χ0n) is 19.2. The van der Waals surface area contributed by atoms with Crippen LogP contribution in [-0.4, -0.2) is 34.1 Å². The number of fused-ring (bicyclic) bond motifs is 2. The molecule has 184 valence electrons. The number of esters is 1. The lowest BCUT2D eigenvalue weighted by Crippen LogP contribution is -2.12. The van der Waals surface area contributed by atoms with Crippen LogP contribution < -0.4 is 11.0 Å². The van der Waals surface area contributed by atoms with E-state index in [9.17, 15) is 19.5 Å². The highest BCUT2D eigenvalue weighted by atomic mass is 35.5. The van der Waals surface area contributed by atoms with E-state index in [2.05, 4.69) is 25.5 Å². The molecule has 0 aliphatic heterocycles. The minimum atomic E-state index is -0.659. The van der Waals surface area contributed by atoms with Gasteiger partial charge < -0.3 is 25.1 Å². The fourth-order valence-corrected chi connectivity index (χ4v) is 4.09. The van der Waals surface area contributed by atoms with E-state index < -0.39 is 23.3 Å². The predicted molar refractivity (Wildman–Crippen MR) is 139 cm³/mol. The Kier molecular flexibility index (Phi) is 6.16. The van der Waals surface area contributed by atoms with Gasteiger partial charge in [-0.2, -0.15) is 0 Å². The van der Waals surface area contributed by atoms with Crippen LogP contribution in [0.25, 0.3) is 21.8 Å². The number of hydrogen-bond acceptors (Lipinski definition) is 7. The van der Waals surface area contributed by atoms with E-state index in [1.807, 2.05) is 0 Å². The highest BCUT2D eigenvalue weighted by Crippen LogP contribution is 2.40. The van der Waals surface area contributed by atoms with Crippen molar-refractivity contribution >= 4 is 62.3 Å². The van der Waals surface area contributed by atoms with Crippen molar-refractivity contribution in [3.8, 4) is 5.75 Å². The lowest BCUT2D eigenvalue weighted by atomic mass is 10.0. The molecule has 0 fully saturated rings. The number of hydrogen-bond donors (Lipinski definition) is 4. The molecule has 0 radical (unpaired) electrons. The first-order valence-corrected chi connectivity index (χ1v) is 11.3. The van der Waals surface area contributed by atoms with E-state index in [1.54, 1.807) is 48.5 Å². The molecule has 11 heteroatoms. The fourth-order valence-electron chi connectivity index (χ4n) is 3.88. The summed E-state index contributed by atoms with van der Waals surface area (Å²) in [6, 6.07) is 18.0. The maximum Gasteiger partial charge on any atom is 0.340 e. The molecule has 0 atom stereocenters. The van der Waals surface area contributed by atoms with Gasteiger partial charge in [-0.25, -0.2) is 9.59 Å². The standard InChI is InChI=1S/C26H18ClN5O5/c1-37-25(35)15-8-4-5-9-18(15)31-32-22-14-7-3-2-6-13(14)10-16(23(22)33)24(34)28-19-12-21-20(11-17(19)27)29-26(36)30-21/h2-12,33H,1H3,(H,28,34)(H2,29,30,36). The van der Waals surface area contributed by atoms with Gasteiger partial charge in [-0.15, -0.1) is 10.2 Å². The molecule has 1 aromatic heterocycles. The summed E-state index contributed by atoms with van der Waals surface area (Å²) in [5, 5.41) is 23.5. The van der Waals surface area contributed by atoms with Crippen LogP contribution in [0.5, 0.6) is 5.75 Å². The van der Waals surface area contributed by atoms with Crippen LogP contribution >= 0.6 is 11.6 Å². The van der Waals surface area contributed by atoms with Crippen molar-refractivity contribution in [2.45, 2.75) is 0 Å². The molecule has 0 bridgehead atoms. The average molecular weight is 516 g/mol. The second kappa shape index (κ2) is 9.59. The number of phenolic OH excluding ortho intramolecular Hbond substituents is 1. The summed E-state index contributed by atoms with van der Waals surface area (Å²) in [4.78, 5) is 42.1. The Morgan fingerprint density at radius 2 is 1.65 bits per heavy atom. The number of imidazole rings is 1. The number of ether oxygens (including phenoxy) is 1. The van der Waals surface area contributed by atoms with Gasteiger partial charge in [-0.1, -0.05) is 48.0 Å². The monoisotopic (exact) mass is 515 g/mol. The van der Waals surface area contributed by atoms with E-state index in [1.165, 1.54) is 25.3 Å². The molecule has 4 aromatic carbocycles. The van der Waals surface area contributed by atoms with Gasteiger partial charge >= 0.3 is 11.7 Å². The van der Waals surface area contributed by atoms with Crippen molar-refractivity contribution < 1.29 is 19.4 Å². The topological polar surface area (TPSA) is 149 Å². The van der Waals surface area contributed by atoms with Crippen LogP contribution in [0.1, 0.15) is 20.7 Å². The first-order chi connectivity index (χ1) is 17.9. The first kappa shape index (κ1) is 23.8. The number of aromatic amines is 2. The molecule has 1 heterocycles. The summed E-state index contributed by atoms with van der Waals surface area (Å²) in [6.45, 7) is 0. The van der Waals surface area contributed by atoms with Crippen molar-refractivity contribution in [2.75, 3.05) is 12.4 Å². The summed E-state index contributed by atoms with van der Waals surface area (Å²) >= 11 is 6.30. The fraction of sp³-hybridized carbons (Fsp3) is 0.0385. The third-order valence-electron chi connectivity index (χ3n) is 5.66. The van der Waals surface area contributed by atoms with Gasteiger partial charge in [0, 0.05) is 5.39 Å². The quantitative estimate of drug-likeness (QED) is 0.172. The second-order valence-electron chi connectivity index (χ2n) is 7.96. The number of H-pyrrole nitrogens is 2. The number of nitrogens with one attached hydrogen (secondary N) is 3. The van der Waals surface area contributed by atoms with Crippen LogP contribution in [-0.2, 0) is 4.74 Å². The maximum atomic E-state index is 13.2. The lowest BCUT2D eigenvalue weighted by Gasteiger charge is -2.12. The lowest BCUT2D eigenvalue weighted by molar-refractivity contribution is 0.0601. The average Bonchev–Trinajstić information content (AvgIpc) is 3.26. The molecule has 0 saturated heterocycles. The molecule has 0 aliphatic rings. The van der Waals surface area contributed by atoms with E-state index in [0.717, 1.165) is 0 Å². The number of carbonyl (C=O) groups excluding carboxylic acids is 2. The van der Waals surface area contributed by atoms with Gasteiger partial charge in [0.15, 0.2) is 5.75 Å². The van der Waals surface area contributed by atoms with Gasteiger partial charge in [0.2, 0.25) is 0 Å². The van der Waals surface area contributed by atoms with E-state index in [4.69, 9.17) is 16.3 Å². The molecule has 0 spiro atoms. The van der Waals surface area contributed by atoms with Gasteiger partial charge in [-0.05, 0) is 35.7 Å². The molecule has 10 nitrogen and oxygen atoms in total. The van der Waals surface area contributed by atoms with Crippen LogP contribution in [0, 0.1) is 0 Å². The first-order valence-electron chi connectivity index (χ1n) is 10.9. The van der Waals surface area contributed by atoms with Crippen molar-refractivity contribution in [2.24, 2.45) is 10.2 Å². The van der Waals surface area contributed by atoms with Gasteiger partial charge in [0.25, 0.3) is 5.91 Å². The van der Waals surface area contributed by atoms with Crippen molar-refractivity contribution in [3.63, 3.8) is 0 Å². The number of methoxy groups -OCH3 is 1. The van der Waals surface area contributed by atoms with Crippen molar-refractivity contribution in [1.29, 1.82) is 0 Å². The third-order valence-corrected chi connectivity index (χ3v) is 5.97. The Labute approximate surface area is 213 Å². The molecule has 0 aliphatic carbocycles. The van der Waals surface area contributed by atoms with Crippen LogP contribution in [0.2, 0.25) is 5.02 Å². The number of nitrogens with zero attached hydrogens (tertiary/aromatic N) is 2. The summed E-state index contributed by atoms with van der Waals surface area (Å²) in [5.41, 5.74) is 1.14. The normalized spacial score (nSPS) is 11.3. The number of halogens is 1. The Hall–Kier alpha value is -4.96. The SMILES string of the molecule is COC(=O)c1ccccc1N=Nc1c(O)c(C(=O)Nc2cc3[nH]c(=O)[nH]c3cc2Cl)cc2ccccc12. The van der Waals surface area contributed by atoms with Crippen LogP contribution in [0.3, 0.4) is 0 Å². The predicted octanol–water partition coefficient (Wildman–Crippen LogP) is 5.82. The summed E-state index contributed by atoms with van der Waals surface area (Å²) in [5.74, 6) is -1.66. The molecule has 0 saturated carbocycles. The number of azo groups is 1. The molecular formula is C26H18ClN5O5. The maximum absolute atomic E-state index is 13.2. The molecule has 5 aromatic rings. The van der Waals surface area contributed by atoms with E-state index >= 15 is 0 Å². The number of rotatable bonds is 5. The molecular weight excluding hydrogens is 498 g/mol. The zero-order valence-corrected chi connectivity index (χ0v) is 20.0. The number of carbonyl (C=O) groups is 2. The second-order valence-corrected chi connectivity index (χ2v) is 8.37. The minimum Gasteiger partial charge on any atom is -0.505 e. The number of phenols is 1. The van der Waals surface area contributed by atoms with Gasteiger partial charge in [0.05, 0.1) is 40.0 Å². The Balaban J connectivity index is 1.57.